The quantitative estimate of drug-likeness (QED) is 0.709. The van der Waals surface area contributed by atoms with Crippen LogP contribution >= 0.6 is 0 Å². The second-order valence-corrected chi connectivity index (χ2v) is 3.72. The van der Waals surface area contributed by atoms with Gasteiger partial charge < -0.3 is 10.1 Å². The first-order valence-corrected chi connectivity index (χ1v) is 5.14. The molecule has 0 spiro atoms. The van der Waals surface area contributed by atoms with Crippen molar-refractivity contribution in [2.75, 3.05) is 6.73 Å². The van der Waals surface area contributed by atoms with E-state index in [9.17, 15) is 0 Å². The van der Waals surface area contributed by atoms with Crippen molar-refractivity contribution in [2.45, 2.75) is 40.3 Å². The first-order valence-electron chi connectivity index (χ1n) is 5.14. The molecule has 80 valence electrons. The zero-order valence-corrected chi connectivity index (χ0v) is 9.48. The summed E-state index contributed by atoms with van der Waals surface area (Å²) in [6.45, 7) is 9.02. The Bertz CT molecular complexity index is 256. The molecule has 0 aliphatic carbocycles. The standard InChI is InChI=1S/C11H20N2O/c1-5-8(2)6-9(3)11-13-10(4)12-7-14-11/h6,10,12-13H,5,7H2,1-4H3/b8-6+,11-9+/t10-/m0/s1. The van der Waals surface area contributed by atoms with E-state index in [0.717, 1.165) is 17.9 Å². The van der Waals surface area contributed by atoms with E-state index in [0.29, 0.717) is 6.73 Å². The summed E-state index contributed by atoms with van der Waals surface area (Å²) >= 11 is 0. The Kier molecular flexibility index (Phi) is 4.01. The van der Waals surface area contributed by atoms with Crippen molar-refractivity contribution in [1.82, 2.24) is 10.6 Å². The molecule has 0 aromatic heterocycles. The van der Waals surface area contributed by atoms with Crippen LogP contribution in [-0.4, -0.2) is 12.9 Å². The fourth-order valence-corrected chi connectivity index (χ4v) is 1.29. The molecule has 0 saturated carbocycles. The van der Waals surface area contributed by atoms with Crippen LogP contribution in [0.5, 0.6) is 0 Å². The molecule has 1 fully saturated rings. The van der Waals surface area contributed by atoms with E-state index in [-0.39, 0.29) is 6.17 Å². The van der Waals surface area contributed by atoms with Crippen LogP contribution in [0.25, 0.3) is 0 Å². The molecule has 1 rings (SSSR count). The van der Waals surface area contributed by atoms with Crippen molar-refractivity contribution >= 4 is 0 Å². The lowest BCUT2D eigenvalue weighted by atomic mass is 10.1. The molecule has 1 aliphatic heterocycles. The summed E-state index contributed by atoms with van der Waals surface area (Å²) < 4.78 is 5.47. The molecule has 1 atom stereocenters. The number of hydrogen-bond acceptors (Lipinski definition) is 3. The van der Waals surface area contributed by atoms with Crippen molar-refractivity contribution in [3.63, 3.8) is 0 Å². The summed E-state index contributed by atoms with van der Waals surface area (Å²) in [4.78, 5) is 0. The molecular formula is C11H20N2O. The number of rotatable bonds is 2. The van der Waals surface area contributed by atoms with Gasteiger partial charge in [-0.2, -0.15) is 0 Å². The van der Waals surface area contributed by atoms with Gasteiger partial charge in [0.1, 0.15) is 6.73 Å². The zero-order valence-electron chi connectivity index (χ0n) is 9.48. The summed E-state index contributed by atoms with van der Waals surface area (Å²) in [5.74, 6) is 0.893. The Labute approximate surface area is 86.2 Å². The molecule has 1 aliphatic rings. The zero-order chi connectivity index (χ0) is 10.6. The van der Waals surface area contributed by atoms with Crippen LogP contribution in [0.4, 0.5) is 0 Å². The van der Waals surface area contributed by atoms with Crippen LogP contribution in [0, 0.1) is 0 Å². The number of ether oxygens (including phenoxy) is 1. The lowest BCUT2D eigenvalue weighted by molar-refractivity contribution is 0.106. The molecule has 1 saturated heterocycles. The molecule has 0 aromatic carbocycles. The first-order chi connectivity index (χ1) is 6.63. The Hall–Kier alpha value is -0.960. The fourth-order valence-electron chi connectivity index (χ4n) is 1.29. The third-order valence-electron chi connectivity index (χ3n) is 2.33. The van der Waals surface area contributed by atoms with Gasteiger partial charge in [-0.1, -0.05) is 18.6 Å². The van der Waals surface area contributed by atoms with Gasteiger partial charge in [-0.25, -0.2) is 0 Å². The maximum absolute atomic E-state index is 5.47. The lowest BCUT2D eigenvalue weighted by Crippen LogP contribution is -2.46. The Morgan fingerprint density at radius 2 is 2.29 bits per heavy atom. The molecule has 0 amide bonds. The average molecular weight is 196 g/mol. The van der Waals surface area contributed by atoms with Gasteiger partial charge in [0.15, 0.2) is 5.88 Å². The van der Waals surface area contributed by atoms with Gasteiger partial charge in [0, 0.05) is 5.57 Å². The van der Waals surface area contributed by atoms with Crippen LogP contribution in [0.3, 0.4) is 0 Å². The Morgan fingerprint density at radius 1 is 1.57 bits per heavy atom. The van der Waals surface area contributed by atoms with Crippen molar-refractivity contribution in [2.24, 2.45) is 0 Å². The summed E-state index contributed by atoms with van der Waals surface area (Å²) in [6, 6.07) is 0. The average Bonchev–Trinajstić information content (AvgIpc) is 2.17. The minimum atomic E-state index is 0.282. The molecule has 2 N–H and O–H groups in total. The third kappa shape index (κ3) is 3.07. The highest BCUT2D eigenvalue weighted by molar-refractivity contribution is 5.23. The van der Waals surface area contributed by atoms with Crippen molar-refractivity contribution in [1.29, 1.82) is 0 Å². The van der Waals surface area contributed by atoms with Gasteiger partial charge in [-0.15, -0.1) is 0 Å². The van der Waals surface area contributed by atoms with E-state index in [1.807, 2.05) is 0 Å². The minimum absolute atomic E-state index is 0.282. The van der Waals surface area contributed by atoms with Crippen molar-refractivity contribution < 1.29 is 4.74 Å². The van der Waals surface area contributed by atoms with Gasteiger partial charge >= 0.3 is 0 Å². The predicted octanol–water partition coefficient (Wildman–Crippen LogP) is 2.09. The molecular weight excluding hydrogens is 176 g/mol. The molecule has 0 radical (unpaired) electrons. The van der Waals surface area contributed by atoms with Crippen molar-refractivity contribution in [3.05, 3.63) is 23.1 Å². The largest absolute Gasteiger partial charge is 0.463 e. The summed E-state index contributed by atoms with van der Waals surface area (Å²) in [7, 11) is 0. The Morgan fingerprint density at radius 3 is 2.86 bits per heavy atom. The van der Waals surface area contributed by atoms with Crippen LogP contribution in [0.15, 0.2) is 23.1 Å². The van der Waals surface area contributed by atoms with Gasteiger partial charge in [0.05, 0.1) is 6.17 Å². The highest BCUT2D eigenvalue weighted by Gasteiger charge is 2.12. The van der Waals surface area contributed by atoms with Gasteiger partial charge in [0.2, 0.25) is 0 Å². The number of allylic oxidation sites excluding steroid dienone is 3. The normalized spacial score (nSPS) is 26.6. The maximum atomic E-state index is 5.47. The lowest BCUT2D eigenvalue weighted by Gasteiger charge is -2.26. The van der Waals surface area contributed by atoms with E-state index in [1.165, 1.54) is 5.57 Å². The monoisotopic (exact) mass is 196 g/mol. The number of hydrogen-bond donors (Lipinski definition) is 2. The van der Waals surface area contributed by atoms with E-state index in [4.69, 9.17) is 4.74 Å². The molecule has 1 heterocycles. The van der Waals surface area contributed by atoms with E-state index < -0.39 is 0 Å². The van der Waals surface area contributed by atoms with Gasteiger partial charge in [-0.3, -0.25) is 5.32 Å². The van der Waals surface area contributed by atoms with Gasteiger partial charge in [0.25, 0.3) is 0 Å². The topological polar surface area (TPSA) is 33.3 Å². The molecule has 0 bridgehead atoms. The van der Waals surface area contributed by atoms with E-state index >= 15 is 0 Å². The van der Waals surface area contributed by atoms with Crippen LogP contribution in [0.1, 0.15) is 34.1 Å². The summed E-state index contributed by atoms with van der Waals surface area (Å²) in [5, 5.41) is 6.39. The van der Waals surface area contributed by atoms with Crippen LogP contribution in [-0.2, 0) is 4.74 Å². The molecule has 3 nitrogen and oxygen atoms in total. The molecule has 14 heavy (non-hydrogen) atoms. The summed E-state index contributed by atoms with van der Waals surface area (Å²) in [6.07, 6.45) is 3.53. The smallest absolute Gasteiger partial charge is 0.192 e. The van der Waals surface area contributed by atoms with E-state index in [2.05, 4.69) is 44.4 Å². The highest BCUT2D eigenvalue weighted by Crippen LogP contribution is 2.11. The van der Waals surface area contributed by atoms with E-state index in [1.54, 1.807) is 0 Å². The minimum Gasteiger partial charge on any atom is -0.463 e. The van der Waals surface area contributed by atoms with Crippen LogP contribution < -0.4 is 10.6 Å². The maximum Gasteiger partial charge on any atom is 0.192 e. The second-order valence-electron chi connectivity index (χ2n) is 3.72. The molecule has 3 heteroatoms. The highest BCUT2D eigenvalue weighted by atomic mass is 16.5. The predicted molar refractivity (Wildman–Crippen MR) is 58.4 cm³/mol. The molecule has 0 unspecified atom stereocenters. The van der Waals surface area contributed by atoms with Crippen LogP contribution in [0.2, 0.25) is 0 Å². The molecule has 0 aromatic rings. The number of nitrogens with one attached hydrogen (secondary N) is 2. The SMILES string of the molecule is CC/C(C)=C/C(C)=C1\N[C@@H](C)NCO1. The van der Waals surface area contributed by atoms with Gasteiger partial charge in [-0.05, 0) is 27.2 Å². The first kappa shape index (κ1) is 11.1. The van der Waals surface area contributed by atoms with Crippen molar-refractivity contribution in [3.8, 4) is 0 Å². The third-order valence-corrected chi connectivity index (χ3v) is 2.33. The Balaban J connectivity index is 2.71. The fraction of sp³-hybridized carbons (Fsp3) is 0.636. The summed E-state index contributed by atoms with van der Waals surface area (Å²) in [5.41, 5.74) is 2.53. The second kappa shape index (κ2) is 5.05.